The predicted molar refractivity (Wildman–Crippen MR) is 189 cm³/mol. The van der Waals surface area contributed by atoms with Gasteiger partial charge < -0.3 is 19.4 Å². The third kappa shape index (κ3) is 8.41. The van der Waals surface area contributed by atoms with Crippen LogP contribution in [0.25, 0.3) is 22.3 Å². The molecule has 0 bridgehead atoms. The number of carbonyl (C=O) groups is 2. The molecule has 2 aromatic heterocycles. The summed E-state index contributed by atoms with van der Waals surface area (Å²) >= 11 is 1.66. The quantitative estimate of drug-likeness (QED) is 0.206. The molecule has 2 N–H and O–H groups in total. The van der Waals surface area contributed by atoms with Crippen LogP contribution in [-0.2, 0) is 9.47 Å². The lowest BCUT2D eigenvalue weighted by molar-refractivity contribution is -0.0822. The molecular formula is C37H42F2N6O4S. The van der Waals surface area contributed by atoms with Crippen molar-refractivity contribution >= 4 is 35.0 Å². The Hall–Kier alpha value is -4.57. The Morgan fingerprint density at radius 3 is 2.26 bits per heavy atom. The Kier molecular flexibility index (Phi) is 9.61. The van der Waals surface area contributed by atoms with Crippen LogP contribution in [0.15, 0.2) is 48.7 Å². The molecule has 2 saturated heterocycles. The Balaban J connectivity index is 1.16. The molecule has 1 unspecified atom stereocenters. The number of amides is 2. The Morgan fingerprint density at radius 2 is 1.56 bits per heavy atom. The fourth-order valence-corrected chi connectivity index (χ4v) is 7.01. The van der Waals surface area contributed by atoms with E-state index >= 15 is 0 Å². The van der Waals surface area contributed by atoms with Crippen LogP contribution in [-0.4, -0.2) is 77.9 Å². The van der Waals surface area contributed by atoms with Crippen molar-refractivity contribution in [2.75, 3.05) is 18.8 Å². The van der Waals surface area contributed by atoms with Crippen molar-refractivity contribution in [3.05, 3.63) is 71.4 Å². The summed E-state index contributed by atoms with van der Waals surface area (Å²) in [5.41, 5.74) is 3.16. The molecular weight excluding hydrogens is 663 g/mol. The fraction of sp³-hybridized carbons (Fsp3) is 0.459. The molecule has 6 rings (SSSR count). The van der Waals surface area contributed by atoms with Crippen LogP contribution in [0.1, 0.15) is 95.0 Å². The van der Waals surface area contributed by atoms with Crippen LogP contribution < -0.4 is 0 Å². The first-order valence-electron chi connectivity index (χ1n) is 16.7. The molecule has 0 saturated carbocycles. The maximum absolute atomic E-state index is 14.5. The minimum absolute atomic E-state index is 0.132. The molecule has 2 aromatic carbocycles. The lowest BCUT2D eigenvalue weighted by Gasteiger charge is -2.38. The van der Waals surface area contributed by atoms with E-state index in [-0.39, 0.29) is 23.8 Å². The topological polar surface area (TPSA) is 116 Å². The number of aromatic amines is 2. The molecule has 264 valence electrons. The van der Waals surface area contributed by atoms with Crippen molar-refractivity contribution in [1.29, 1.82) is 0 Å². The zero-order valence-corrected chi connectivity index (χ0v) is 29.9. The number of ether oxygens (including phenoxy) is 2. The van der Waals surface area contributed by atoms with Crippen molar-refractivity contribution in [2.24, 2.45) is 0 Å². The summed E-state index contributed by atoms with van der Waals surface area (Å²) in [5, 5.41) is -0.256. The summed E-state index contributed by atoms with van der Waals surface area (Å²) < 4.78 is 40.2. The summed E-state index contributed by atoms with van der Waals surface area (Å²) in [7, 11) is 0. The van der Waals surface area contributed by atoms with Crippen LogP contribution in [0.2, 0.25) is 0 Å². The Bertz CT molecular complexity index is 1930. The van der Waals surface area contributed by atoms with Gasteiger partial charge in [-0.15, -0.1) is 11.8 Å². The monoisotopic (exact) mass is 704 g/mol. The van der Waals surface area contributed by atoms with Crippen LogP contribution in [0.5, 0.6) is 0 Å². The molecule has 50 heavy (non-hydrogen) atoms. The first-order chi connectivity index (χ1) is 23.5. The normalized spacial score (nSPS) is 19.5. The zero-order valence-electron chi connectivity index (χ0n) is 29.1. The molecule has 4 aromatic rings. The fourth-order valence-electron chi connectivity index (χ4n) is 5.84. The van der Waals surface area contributed by atoms with E-state index in [1.54, 1.807) is 49.7 Å². The van der Waals surface area contributed by atoms with E-state index in [1.807, 2.05) is 57.2 Å². The first kappa shape index (κ1) is 35.3. The van der Waals surface area contributed by atoms with Gasteiger partial charge in [0.1, 0.15) is 28.2 Å². The highest BCUT2D eigenvalue weighted by Crippen LogP contribution is 2.40. The van der Waals surface area contributed by atoms with Gasteiger partial charge in [-0.25, -0.2) is 28.3 Å². The summed E-state index contributed by atoms with van der Waals surface area (Å²) in [6, 6.07) is 12.2. The highest BCUT2D eigenvalue weighted by atomic mass is 32.2. The van der Waals surface area contributed by atoms with Gasteiger partial charge in [-0.2, -0.15) is 0 Å². The second-order valence-corrected chi connectivity index (χ2v) is 15.8. The molecule has 0 aliphatic carbocycles. The Labute approximate surface area is 294 Å². The van der Waals surface area contributed by atoms with Gasteiger partial charge in [0.05, 0.1) is 29.0 Å². The van der Waals surface area contributed by atoms with E-state index in [0.717, 1.165) is 29.0 Å². The highest BCUT2D eigenvalue weighted by Gasteiger charge is 2.45. The molecule has 4 heterocycles. The van der Waals surface area contributed by atoms with Gasteiger partial charge in [0.2, 0.25) is 0 Å². The highest BCUT2D eigenvalue weighted by molar-refractivity contribution is 7.99. The number of alkyl halides is 2. The number of halogens is 2. The van der Waals surface area contributed by atoms with E-state index < -0.39 is 42.1 Å². The summed E-state index contributed by atoms with van der Waals surface area (Å²) in [6.45, 7) is 11.3. The summed E-state index contributed by atoms with van der Waals surface area (Å²) in [4.78, 5) is 44.6. The molecule has 2 atom stereocenters. The van der Waals surface area contributed by atoms with Crippen molar-refractivity contribution in [1.82, 2.24) is 29.7 Å². The maximum atomic E-state index is 14.5. The summed E-state index contributed by atoms with van der Waals surface area (Å²) in [6.07, 6.45) is 0.704. The van der Waals surface area contributed by atoms with Gasteiger partial charge in [0, 0.05) is 37.1 Å². The Morgan fingerprint density at radius 1 is 0.900 bits per heavy atom. The van der Waals surface area contributed by atoms with Crippen molar-refractivity contribution in [3.63, 3.8) is 0 Å². The number of fused-ring (bicyclic) bond motifs is 1. The number of thioether (sulfide) groups is 1. The van der Waals surface area contributed by atoms with Gasteiger partial charge in [0.25, 0.3) is 5.92 Å². The number of nitrogens with zero attached hydrogens (tertiary/aromatic N) is 4. The second-order valence-electron chi connectivity index (χ2n) is 14.6. The zero-order chi connectivity index (χ0) is 35.8. The molecule has 13 heteroatoms. The van der Waals surface area contributed by atoms with E-state index in [9.17, 15) is 18.4 Å². The van der Waals surface area contributed by atoms with E-state index in [0.29, 0.717) is 29.0 Å². The molecule has 2 aliphatic rings. The number of benzene rings is 2. The van der Waals surface area contributed by atoms with Crippen LogP contribution in [0.3, 0.4) is 0 Å². The summed E-state index contributed by atoms with van der Waals surface area (Å²) in [5.74, 6) is 5.34. The van der Waals surface area contributed by atoms with Crippen molar-refractivity contribution < 1.29 is 27.8 Å². The lowest BCUT2D eigenvalue weighted by atomic mass is 9.98. The molecule has 2 aliphatic heterocycles. The van der Waals surface area contributed by atoms with Gasteiger partial charge in [-0.3, -0.25) is 9.80 Å². The number of nitrogens with one attached hydrogen (secondary N) is 2. The van der Waals surface area contributed by atoms with Gasteiger partial charge >= 0.3 is 12.2 Å². The number of H-pyrrole nitrogens is 2. The average Bonchev–Trinajstić information content (AvgIpc) is 3.70. The van der Waals surface area contributed by atoms with E-state index in [1.165, 1.54) is 4.90 Å². The maximum Gasteiger partial charge on any atom is 0.411 e. The number of aromatic nitrogens is 4. The number of piperidine rings is 1. The number of hydrogen-bond donors (Lipinski definition) is 2. The third-order valence-corrected chi connectivity index (χ3v) is 9.45. The number of imidazole rings is 2. The predicted octanol–water partition coefficient (Wildman–Crippen LogP) is 8.43. The molecule has 10 nitrogen and oxygen atoms in total. The standard InChI is InChI=1S/C37H42F2N6O4S/c1-35(2,3)48-33(46)44-18-16-37(38,39)21-29(44)30-41-26-15-12-24(20-27(26)42-30)9-8-23-10-13-25(14-11-23)28-22-40-31(43-28)32-45(17-7-19-50-32)34(47)49-36(4,5)6/h10-15,20,22,29,32H,7,16-19,21H2,1-6H3,(H,40,43)(H,41,42)/t29-,32?/m0/s1. The van der Waals surface area contributed by atoms with Gasteiger partial charge in [-0.05, 0) is 89.6 Å². The number of rotatable bonds is 3. The second kappa shape index (κ2) is 13.6. The van der Waals surface area contributed by atoms with Crippen molar-refractivity contribution in [3.8, 4) is 23.1 Å². The lowest BCUT2D eigenvalue weighted by Crippen LogP contribution is -2.47. The number of carbonyl (C=O) groups excluding carboxylic acids is 2. The largest absolute Gasteiger partial charge is 0.444 e. The smallest absolute Gasteiger partial charge is 0.411 e. The van der Waals surface area contributed by atoms with E-state index in [4.69, 9.17) is 9.47 Å². The van der Waals surface area contributed by atoms with E-state index in [2.05, 4.69) is 31.8 Å². The van der Waals surface area contributed by atoms with Gasteiger partial charge in [0.15, 0.2) is 0 Å². The van der Waals surface area contributed by atoms with Crippen LogP contribution in [0.4, 0.5) is 18.4 Å². The number of hydrogen-bond acceptors (Lipinski definition) is 7. The third-order valence-electron chi connectivity index (χ3n) is 8.14. The van der Waals surface area contributed by atoms with Crippen LogP contribution in [0, 0.1) is 11.8 Å². The first-order valence-corrected chi connectivity index (χ1v) is 17.7. The van der Waals surface area contributed by atoms with Gasteiger partial charge in [-0.1, -0.05) is 24.0 Å². The molecule has 2 fully saturated rings. The molecule has 0 radical (unpaired) electrons. The number of likely N-dealkylation sites (tertiary alicyclic amines) is 1. The van der Waals surface area contributed by atoms with Crippen LogP contribution >= 0.6 is 11.8 Å². The SMILES string of the molecule is CC(C)(C)OC(=O)N1CCCSC1c1ncc(-c2ccc(C#Cc3ccc4nc([C@@H]5CC(F)(F)CCN5C(=O)OC(C)(C)C)[nH]c4c3)cc2)[nH]1. The molecule has 2 amide bonds. The minimum atomic E-state index is -2.93. The average molecular weight is 705 g/mol. The van der Waals surface area contributed by atoms with Crippen molar-refractivity contribution in [2.45, 2.75) is 89.3 Å². The minimum Gasteiger partial charge on any atom is -0.444 e. The molecule has 0 spiro atoms.